The minimum Gasteiger partial charge on any atom is -0.382 e. The Morgan fingerprint density at radius 1 is 1.05 bits per heavy atom. The summed E-state index contributed by atoms with van der Waals surface area (Å²) in [6, 6.07) is 14.3. The minimum absolute atomic E-state index is 0.228. The second kappa shape index (κ2) is 4.56. The van der Waals surface area contributed by atoms with Gasteiger partial charge in [0.15, 0.2) is 5.82 Å². The van der Waals surface area contributed by atoms with E-state index in [2.05, 4.69) is 37.0 Å². The summed E-state index contributed by atoms with van der Waals surface area (Å²) in [6.07, 6.45) is 0. The number of anilines is 1. The van der Waals surface area contributed by atoms with Crippen LogP contribution in [-0.2, 0) is 0 Å². The molecule has 0 saturated carbocycles. The van der Waals surface area contributed by atoms with Gasteiger partial charge in [0.2, 0.25) is 0 Å². The van der Waals surface area contributed by atoms with Gasteiger partial charge in [0.1, 0.15) is 11.5 Å². The Balaban J connectivity index is 2.29. The molecule has 0 aliphatic heterocycles. The Labute approximate surface area is 118 Å². The lowest BCUT2D eigenvalue weighted by Gasteiger charge is -2.05. The number of rotatable bonds is 2. The first kappa shape index (κ1) is 12.5. The van der Waals surface area contributed by atoms with Crippen molar-refractivity contribution < 1.29 is 0 Å². The highest BCUT2D eigenvalue weighted by molar-refractivity contribution is 5.97. The third-order valence-corrected chi connectivity index (χ3v) is 3.54. The molecule has 4 N–H and O–H groups in total. The molecule has 0 unspecified atom stereocenters. The Hall–Kier alpha value is -2.49. The van der Waals surface area contributed by atoms with Gasteiger partial charge in [0.25, 0.3) is 0 Å². The summed E-state index contributed by atoms with van der Waals surface area (Å²) in [4.78, 5) is 4.64. The van der Waals surface area contributed by atoms with Crippen LogP contribution < -0.4 is 11.6 Å². The summed E-state index contributed by atoms with van der Waals surface area (Å²) in [5.41, 5.74) is 7.92. The molecule has 4 heteroatoms. The van der Waals surface area contributed by atoms with Crippen molar-refractivity contribution in [3.8, 4) is 11.3 Å². The molecule has 0 atom stereocenters. The number of hydrogen-bond acceptors (Lipinski definition) is 3. The van der Waals surface area contributed by atoms with Crippen molar-refractivity contribution in [1.29, 1.82) is 0 Å². The largest absolute Gasteiger partial charge is 0.382 e. The van der Waals surface area contributed by atoms with Gasteiger partial charge in [-0.3, -0.25) is 0 Å². The molecule has 0 radical (unpaired) electrons. The van der Waals surface area contributed by atoms with E-state index in [1.54, 1.807) is 0 Å². The smallest absolute Gasteiger partial charge is 0.150 e. The third kappa shape index (κ3) is 1.81. The summed E-state index contributed by atoms with van der Waals surface area (Å²) in [6.45, 7) is 4.11. The molecular formula is C16H18N4. The molecular weight excluding hydrogens is 248 g/mol. The van der Waals surface area contributed by atoms with E-state index in [9.17, 15) is 0 Å². The van der Waals surface area contributed by atoms with Crippen LogP contribution in [0, 0.1) is 0 Å². The molecule has 0 bridgehead atoms. The second-order valence-electron chi connectivity index (χ2n) is 5.26. The first-order valence-corrected chi connectivity index (χ1v) is 6.71. The summed E-state index contributed by atoms with van der Waals surface area (Å²) in [7, 11) is 0. The normalized spacial score (nSPS) is 11.3. The maximum atomic E-state index is 6.14. The molecule has 0 aliphatic rings. The second-order valence-corrected chi connectivity index (χ2v) is 5.26. The Morgan fingerprint density at radius 3 is 2.45 bits per heavy atom. The Kier molecular flexibility index (Phi) is 2.86. The van der Waals surface area contributed by atoms with Crippen LogP contribution in [-0.4, -0.2) is 9.66 Å². The predicted octanol–water partition coefficient (Wildman–Crippen LogP) is 3.12. The highest BCUT2D eigenvalue weighted by Crippen LogP contribution is 2.32. The fourth-order valence-electron chi connectivity index (χ4n) is 2.50. The monoisotopic (exact) mass is 266 g/mol. The van der Waals surface area contributed by atoms with Crippen molar-refractivity contribution in [1.82, 2.24) is 9.66 Å². The lowest BCUT2D eigenvalue weighted by molar-refractivity contribution is 0.739. The number of nitrogens with zero attached hydrogens (tertiary/aromatic N) is 2. The molecule has 1 heterocycles. The maximum Gasteiger partial charge on any atom is 0.150 e. The molecule has 4 nitrogen and oxygen atoms in total. The average molecular weight is 266 g/mol. The fourth-order valence-corrected chi connectivity index (χ4v) is 2.50. The van der Waals surface area contributed by atoms with Crippen LogP contribution in [0.4, 0.5) is 5.82 Å². The van der Waals surface area contributed by atoms with Crippen molar-refractivity contribution in [3.63, 3.8) is 0 Å². The van der Waals surface area contributed by atoms with Crippen molar-refractivity contribution in [2.45, 2.75) is 19.8 Å². The van der Waals surface area contributed by atoms with Crippen molar-refractivity contribution in [2.24, 2.45) is 0 Å². The van der Waals surface area contributed by atoms with Crippen LogP contribution in [0.25, 0.3) is 22.0 Å². The van der Waals surface area contributed by atoms with Gasteiger partial charge in [0.05, 0.1) is 0 Å². The number of benzene rings is 2. The molecule has 0 aliphatic carbocycles. The van der Waals surface area contributed by atoms with Gasteiger partial charge in [-0.15, -0.1) is 0 Å². The van der Waals surface area contributed by atoms with E-state index in [-0.39, 0.29) is 5.92 Å². The van der Waals surface area contributed by atoms with Crippen molar-refractivity contribution in [2.75, 3.05) is 11.6 Å². The zero-order valence-corrected chi connectivity index (χ0v) is 11.7. The van der Waals surface area contributed by atoms with E-state index in [0.29, 0.717) is 5.82 Å². The quantitative estimate of drug-likeness (QED) is 0.700. The molecule has 3 rings (SSSR count). The van der Waals surface area contributed by atoms with E-state index in [1.807, 2.05) is 24.3 Å². The van der Waals surface area contributed by atoms with Crippen LogP contribution in [0.15, 0.2) is 42.5 Å². The standard InChI is InChI=1S/C16H18N4/c1-10(2)16-19-14(15(17)20(16)18)13-9-5-7-11-6-3-4-8-12(11)13/h3-10H,17-18H2,1-2H3. The molecule has 3 aromatic rings. The predicted molar refractivity (Wildman–Crippen MR) is 83.8 cm³/mol. The maximum absolute atomic E-state index is 6.14. The van der Waals surface area contributed by atoms with Crippen LogP contribution in [0.3, 0.4) is 0 Å². The van der Waals surface area contributed by atoms with E-state index < -0.39 is 0 Å². The van der Waals surface area contributed by atoms with Crippen LogP contribution in [0.2, 0.25) is 0 Å². The topological polar surface area (TPSA) is 69.9 Å². The first-order chi connectivity index (χ1) is 9.59. The zero-order chi connectivity index (χ0) is 14.3. The van der Waals surface area contributed by atoms with Crippen LogP contribution in [0.5, 0.6) is 0 Å². The average Bonchev–Trinajstić information content (AvgIpc) is 2.75. The Morgan fingerprint density at radius 2 is 1.75 bits per heavy atom. The zero-order valence-electron chi connectivity index (χ0n) is 11.7. The van der Waals surface area contributed by atoms with Gasteiger partial charge in [-0.25, -0.2) is 9.66 Å². The van der Waals surface area contributed by atoms with E-state index in [4.69, 9.17) is 11.6 Å². The highest BCUT2D eigenvalue weighted by atomic mass is 15.4. The lowest BCUT2D eigenvalue weighted by Crippen LogP contribution is -2.16. The SMILES string of the molecule is CC(C)c1nc(-c2cccc3ccccc23)c(N)n1N. The molecule has 1 aromatic heterocycles. The van der Waals surface area contributed by atoms with Crippen molar-refractivity contribution in [3.05, 3.63) is 48.3 Å². The van der Waals surface area contributed by atoms with Gasteiger partial charge in [-0.2, -0.15) is 0 Å². The number of aromatic nitrogens is 2. The molecule has 2 aromatic carbocycles. The number of imidazole rings is 1. The summed E-state index contributed by atoms with van der Waals surface area (Å²) >= 11 is 0. The first-order valence-electron chi connectivity index (χ1n) is 6.71. The van der Waals surface area contributed by atoms with E-state index in [0.717, 1.165) is 22.5 Å². The highest BCUT2D eigenvalue weighted by Gasteiger charge is 2.17. The van der Waals surface area contributed by atoms with Gasteiger partial charge in [-0.05, 0) is 10.8 Å². The molecule has 0 amide bonds. The van der Waals surface area contributed by atoms with E-state index >= 15 is 0 Å². The van der Waals surface area contributed by atoms with Crippen LogP contribution >= 0.6 is 0 Å². The molecule has 0 saturated heterocycles. The number of fused-ring (bicyclic) bond motifs is 1. The molecule has 20 heavy (non-hydrogen) atoms. The van der Waals surface area contributed by atoms with Gasteiger partial charge >= 0.3 is 0 Å². The number of hydrogen-bond donors (Lipinski definition) is 2. The molecule has 0 spiro atoms. The fraction of sp³-hybridized carbons (Fsp3) is 0.188. The van der Waals surface area contributed by atoms with Gasteiger partial charge in [0, 0.05) is 11.5 Å². The minimum atomic E-state index is 0.228. The third-order valence-electron chi connectivity index (χ3n) is 3.54. The Bertz CT molecular complexity index is 766. The van der Waals surface area contributed by atoms with Crippen molar-refractivity contribution >= 4 is 16.6 Å². The number of nitrogens with two attached hydrogens (primary N) is 2. The summed E-state index contributed by atoms with van der Waals surface area (Å²) in [5.74, 6) is 7.54. The summed E-state index contributed by atoms with van der Waals surface area (Å²) < 4.78 is 1.49. The van der Waals surface area contributed by atoms with Gasteiger partial charge in [-0.1, -0.05) is 56.3 Å². The number of nitrogen functional groups attached to an aromatic ring is 2. The lowest BCUT2D eigenvalue weighted by atomic mass is 10.0. The molecule has 0 fully saturated rings. The van der Waals surface area contributed by atoms with Crippen LogP contribution in [0.1, 0.15) is 25.6 Å². The van der Waals surface area contributed by atoms with Gasteiger partial charge < -0.3 is 11.6 Å². The molecule has 102 valence electrons. The summed E-state index contributed by atoms with van der Waals surface area (Å²) in [5, 5.41) is 2.30. The van der Waals surface area contributed by atoms with E-state index in [1.165, 1.54) is 10.1 Å².